The summed E-state index contributed by atoms with van der Waals surface area (Å²) < 4.78 is 26.9. The topological polar surface area (TPSA) is 128 Å². The molecule has 0 spiro atoms. The number of thiazole rings is 1. The van der Waals surface area contributed by atoms with Gasteiger partial charge in [0.05, 0.1) is 11.8 Å². The summed E-state index contributed by atoms with van der Waals surface area (Å²) in [5, 5.41) is 9.84. The maximum atomic E-state index is 13.5. The van der Waals surface area contributed by atoms with Gasteiger partial charge in [-0.05, 0) is 57.3 Å². The molecule has 12 heteroatoms. The van der Waals surface area contributed by atoms with Crippen molar-refractivity contribution in [2.45, 2.75) is 57.0 Å². The van der Waals surface area contributed by atoms with Crippen LogP contribution in [0.5, 0.6) is 0 Å². The fraction of sp³-hybridized carbons (Fsp3) is 0.565. The highest BCUT2D eigenvalue weighted by Crippen LogP contribution is 2.47. The number of nitrogens with one attached hydrogen (secondary N) is 2. The van der Waals surface area contributed by atoms with E-state index >= 15 is 0 Å². The monoisotopic (exact) mass is 514 g/mol. The Labute approximate surface area is 210 Å². The molecule has 1 saturated heterocycles. The van der Waals surface area contributed by atoms with Crippen LogP contribution < -0.4 is 10.0 Å². The molecule has 35 heavy (non-hydrogen) atoms. The molecular weight excluding hydrogens is 486 g/mol. The number of fused-ring (bicyclic) bond motifs is 1. The molecule has 186 valence electrons. The van der Waals surface area contributed by atoms with Crippen molar-refractivity contribution in [1.29, 1.82) is 0 Å². The summed E-state index contributed by atoms with van der Waals surface area (Å²) in [6.45, 7) is 3.32. The van der Waals surface area contributed by atoms with Crippen molar-refractivity contribution < 1.29 is 13.6 Å². The highest BCUT2D eigenvalue weighted by molar-refractivity contribution is 7.77. The van der Waals surface area contributed by atoms with Crippen LogP contribution in [0.4, 0.5) is 5.82 Å². The van der Waals surface area contributed by atoms with Crippen LogP contribution in [0.15, 0.2) is 23.8 Å². The first-order valence-electron chi connectivity index (χ1n) is 12.1. The second-order valence-corrected chi connectivity index (χ2v) is 11.6. The predicted molar refractivity (Wildman–Crippen MR) is 133 cm³/mol. The van der Waals surface area contributed by atoms with E-state index in [2.05, 4.69) is 27.0 Å². The predicted octanol–water partition coefficient (Wildman–Crippen LogP) is 2.83. The number of rotatable bonds is 8. The quantitative estimate of drug-likeness (QED) is 0.443. The van der Waals surface area contributed by atoms with Gasteiger partial charge < -0.3 is 14.8 Å². The lowest BCUT2D eigenvalue weighted by molar-refractivity contribution is 0.0662. The third kappa shape index (κ3) is 4.59. The van der Waals surface area contributed by atoms with Crippen molar-refractivity contribution >= 4 is 39.2 Å². The number of likely N-dealkylation sites (tertiary alicyclic amines) is 1. The summed E-state index contributed by atoms with van der Waals surface area (Å²) in [6, 6.07) is 2.04. The van der Waals surface area contributed by atoms with Crippen molar-refractivity contribution in [3.8, 4) is 11.4 Å². The van der Waals surface area contributed by atoms with Crippen molar-refractivity contribution in [3.63, 3.8) is 0 Å². The molecule has 2 aliphatic carbocycles. The summed E-state index contributed by atoms with van der Waals surface area (Å²) in [5.41, 5.74) is 0.867. The van der Waals surface area contributed by atoms with Gasteiger partial charge in [-0.2, -0.15) is 5.10 Å². The summed E-state index contributed by atoms with van der Waals surface area (Å²) in [6.07, 6.45) is 9.34. The SMILES string of the molecule is C[C@H](Nc1cc(C(=O)N2CCC(C3(NS(=O)[O-])CC3)CC2)nc(-c2cnn3ccsc23)n1)C1CC1. The van der Waals surface area contributed by atoms with Gasteiger partial charge in [0.15, 0.2) is 5.82 Å². The van der Waals surface area contributed by atoms with Gasteiger partial charge in [-0.3, -0.25) is 9.00 Å². The molecule has 1 amide bonds. The van der Waals surface area contributed by atoms with Crippen LogP contribution in [0.1, 0.15) is 55.9 Å². The zero-order chi connectivity index (χ0) is 24.2. The number of hydrogen-bond acceptors (Lipinski definition) is 8. The minimum Gasteiger partial charge on any atom is -0.760 e. The molecule has 2 N–H and O–H groups in total. The lowest BCUT2D eigenvalue weighted by atomic mass is 9.88. The second-order valence-electron chi connectivity index (χ2n) is 10.0. The molecule has 4 heterocycles. The van der Waals surface area contributed by atoms with Crippen LogP contribution in [0.25, 0.3) is 16.2 Å². The fourth-order valence-electron chi connectivity index (χ4n) is 5.27. The molecule has 0 bridgehead atoms. The smallest absolute Gasteiger partial charge is 0.272 e. The minimum absolute atomic E-state index is 0.117. The first-order valence-corrected chi connectivity index (χ1v) is 14.1. The molecule has 1 aliphatic heterocycles. The molecule has 10 nitrogen and oxygen atoms in total. The van der Waals surface area contributed by atoms with Crippen molar-refractivity contribution in [1.82, 2.24) is 29.2 Å². The van der Waals surface area contributed by atoms with E-state index in [4.69, 9.17) is 4.98 Å². The van der Waals surface area contributed by atoms with Crippen LogP contribution in [0, 0.1) is 11.8 Å². The molecule has 3 aliphatic rings. The van der Waals surface area contributed by atoms with Gasteiger partial charge in [-0.25, -0.2) is 19.2 Å². The van der Waals surface area contributed by atoms with E-state index in [1.165, 1.54) is 12.8 Å². The Balaban J connectivity index is 1.24. The lowest BCUT2D eigenvalue weighted by Gasteiger charge is -2.37. The maximum Gasteiger partial charge on any atom is 0.272 e. The number of hydrogen-bond donors (Lipinski definition) is 2. The van der Waals surface area contributed by atoms with E-state index in [-0.39, 0.29) is 23.4 Å². The van der Waals surface area contributed by atoms with Gasteiger partial charge in [0, 0.05) is 53.6 Å². The van der Waals surface area contributed by atoms with Gasteiger partial charge in [0.25, 0.3) is 5.91 Å². The highest BCUT2D eigenvalue weighted by atomic mass is 32.2. The van der Waals surface area contributed by atoms with Crippen molar-refractivity contribution in [2.75, 3.05) is 18.4 Å². The Kier molecular flexibility index (Phi) is 5.86. The Morgan fingerprint density at radius 1 is 1.26 bits per heavy atom. The summed E-state index contributed by atoms with van der Waals surface area (Å²) in [4.78, 5) is 25.8. The van der Waals surface area contributed by atoms with Crippen LogP contribution in [-0.2, 0) is 11.3 Å². The van der Waals surface area contributed by atoms with E-state index in [1.807, 2.05) is 16.5 Å². The zero-order valence-electron chi connectivity index (χ0n) is 19.5. The third-order valence-electron chi connectivity index (χ3n) is 7.66. The molecule has 0 aromatic carbocycles. The molecule has 3 fully saturated rings. The average molecular weight is 515 g/mol. The fourth-order valence-corrected chi connectivity index (χ4v) is 6.77. The van der Waals surface area contributed by atoms with Gasteiger partial charge >= 0.3 is 0 Å². The summed E-state index contributed by atoms with van der Waals surface area (Å²) in [5.74, 6) is 1.92. The number of piperidine rings is 1. The summed E-state index contributed by atoms with van der Waals surface area (Å²) >= 11 is -0.704. The Morgan fingerprint density at radius 3 is 2.71 bits per heavy atom. The molecule has 0 radical (unpaired) electrons. The van der Waals surface area contributed by atoms with E-state index in [0.717, 1.165) is 36.1 Å². The summed E-state index contributed by atoms with van der Waals surface area (Å²) in [7, 11) is 0. The molecule has 1 unspecified atom stereocenters. The highest BCUT2D eigenvalue weighted by Gasteiger charge is 2.50. The maximum absolute atomic E-state index is 13.5. The standard InChI is InChI=1S/C23H29N7O3S2/c1-14(15-2-3-15)25-19-12-18(26-20(27-19)17-13-24-30-10-11-34-22(17)30)21(31)29-8-4-16(5-9-29)23(6-7-23)28-35(32)33/h10-16,28H,2-9H2,1H3,(H,32,33)(H,25,26,27)/p-1/t14-/m0/s1. The van der Waals surface area contributed by atoms with Crippen LogP contribution in [0.2, 0.25) is 0 Å². The van der Waals surface area contributed by atoms with Gasteiger partial charge in [0.1, 0.15) is 16.3 Å². The number of amides is 1. The van der Waals surface area contributed by atoms with Crippen molar-refractivity contribution in [2.24, 2.45) is 11.8 Å². The van der Waals surface area contributed by atoms with E-state index in [0.29, 0.717) is 36.3 Å². The Morgan fingerprint density at radius 2 is 2.03 bits per heavy atom. The number of nitrogens with zero attached hydrogens (tertiary/aromatic N) is 5. The molecule has 3 aromatic heterocycles. The Bertz CT molecular complexity index is 1280. The first kappa shape index (κ1) is 23.0. The first-order chi connectivity index (χ1) is 16.9. The second kappa shape index (κ2) is 8.91. The molecule has 2 saturated carbocycles. The Hall–Kier alpha value is -2.41. The molecule has 3 aromatic rings. The van der Waals surface area contributed by atoms with Gasteiger partial charge in [0.2, 0.25) is 0 Å². The number of aromatic nitrogens is 4. The lowest BCUT2D eigenvalue weighted by Crippen LogP contribution is -2.47. The van der Waals surface area contributed by atoms with E-state index in [9.17, 15) is 13.6 Å². The third-order valence-corrected chi connectivity index (χ3v) is 9.12. The normalized spacial score (nSPS) is 21.7. The molecule has 2 atom stereocenters. The number of carbonyl (C=O) groups excluding carboxylic acids is 1. The van der Waals surface area contributed by atoms with Gasteiger partial charge in [-0.1, -0.05) is 0 Å². The number of carbonyl (C=O) groups is 1. The van der Waals surface area contributed by atoms with Crippen molar-refractivity contribution in [3.05, 3.63) is 29.5 Å². The van der Waals surface area contributed by atoms with Crippen LogP contribution in [0.3, 0.4) is 0 Å². The average Bonchev–Trinajstić information content (AvgIpc) is 3.75. The van der Waals surface area contributed by atoms with Crippen LogP contribution >= 0.6 is 11.3 Å². The molecular formula is C23H28N7O3S2-. The van der Waals surface area contributed by atoms with E-state index in [1.54, 1.807) is 28.1 Å². The van der Waals surface area contributed by atoms with Gasteiger partial charge in [-0.15, -0.1) is 11.3 Å². The largest absolute Gasteiger partial charge is 0.760 e. The zero-order valence-corrected chi connectivity index (χ0v) is 21.1. The molecule has 6 rings (SSSR count). The van der Waals surface area contributed by atoms with E-state index < -0.39 is 11.3 Å². The van der Waals surface area contributed by atoms with Crippen LogP contribution in [-0.4, -0.2) is 63.8 Å². The minimum atomic E-state index is -2.26. The number of anilines is 1.